The fourth-order valence-electron chi connectivity index (χ4n) is 2.67. The van der Waals surface area contributed by atoms with Crippen LogP contribution in [-0.4, -0.2) is 22.9 Å². The van der Waals surface area contributed by atoms with E-state index in [4.69, 9.17) is 0 Å². The number of benzene rings is 1. The van der Waals surface area contributed by atoms with Crippen LogP contribution in [0.25, 0.3) is 5.57 Å². The number of aromatic nitrogens is 1. The lowest BCUT2D eigenvalue weighted by atomic mass is 9.94. The van der Waals surface area contributed by atoms with Gasteiger partial charge in [-0.3, -0.25) is 0 Å². The van der Waals surface area contributed by atoms with Crippen LogP contribution in [0.15, 0.2) is 46.9 Å². The van der Waals surface area contributed by atoms with Gasteiger partial charge in [-0.2, -0.15) is 0 Å². The lowest BCUT2D eigenvalue weighted by Crippen LogP contribution is -2.37. The van der Waals surface area contributed by atoms with Crippen LogP contribution < -0.4 is 4.90 Å². The largest absolute Gasteiger partial charge is 0.370 e. The van der Waals surface area contributed by atoms with Gasteiger partial charge in [0.15, 0.2) is 0 Å². The van der Waals surface area contributed by atoms with Crippen molar-refractivity contribution in [2.75, 3.05) is 11.4 Å². The maximum Gasteiger partial charge on any atom is 0.148 e. The number of aliphatic hydroxyl groups is 1. The van der Waals surface area contributed by atoms with E-state index in [0.717, 1.165) is 32.7 Å². The van der Waals surface area contributed by atoms with Gasteiger partial charge in [0.1, 0.15) is 12.0 Å². The molecule has 1 unspecified atom stereocenters. The van der Waals surface area contributed by atoms with E-state index >= 15 is 0 Å². The van der Waals surface area contributed by atoms with Gasteiger partial charge in [0.05, 0.1) is 0 Å². The molecule has 3 rings (SSSR count). The maximum atomic E-state index is 10.4. The number of nitrogens with zero attached hydrogens (tertiary/aromatic N) is 2. The number of pyridine rings is 1. The molecule has 0 bridgehead atoms. The number of hydrogen-bond acceptors (Lipinski definition) is 3. The molecule has 0 saturated heterocycles. The number of aliphatic hydroxyl groups excluding tert-OH is 1. The Balaban J connectivity index is 2.19. The Morgan fingerprint density at radius 3 is 2.81 bits per heavy atom. The van der Waals surface area contributed by atoms with E-state index < -0.39 is 6.23 Å². The van der Waals surface area contributed by atoms with Gasteiger partial charge in [-0.25, -0.2) is 4.98 Å². The second-order valence-corrected chi connectivity index (χ2v) is 6.03. The quantitative estimate of drug-likeness (QED) is 0.901. The van der Waals surface area contributed by atoms with Crippen molar-refractivity contribution in [1.82, 2.24) is 4.98 Å². The Morgan fingerprint density at radius 1 is 1.29 bits per heavy atom. The van der Waals surface area contributed by atoms with Crippen LogP contribution in [0, 0.1) is 6.92 Å². The van der Waals surface area contributed by atoms with Crippen molar-refractivity contribution in [3.05, 3.63) is 63.8 Å². The summed E-state index contributed by atoms with van der Waals surface area (Å²) in [6, 6.07) is 12.2. The molecule has 108 valence electrons. The number of fused-ring (bicyclic) bond motifs is 1. The fourth-order valence-corrected chi connectivity index (χ4v) is 3.07. The minimum Gasteiger partial charge on any atom is -0.370 e. The van der Waals surface area contributed by atoms with Gasteiger partial charge in [0.2, 0.25) is 0 Å². The standard InChI is InChI=1S/C17H17BrN2O/c1-3-20-16(21)10-15(12-5-4-6-13(18)9-12)14-8-7-11(2)19-17(14)20/h4-10,16,21H,3H2,1-2H3. The first-order valence-corrected chi connectivity index (χ1v) is 7.80. The van der Waals surface area contributed by atoms with Crippen LogP contribution in [-0.2, 0) is 0 Å². The molecule has 1 aliphatic heterocycles. The van der Waals surface area contributed by atoms with Gasteiger partial charge in [0.25, 0.3) is 0 Å². The minimum absolute atomic E-state index is 0.647. The molecule has 2 heterocycles. The molecule has 0 radical (unpaired) electrons. The van der Waals surface area contributed by atoms with Gasteiger partial charge in [-0.05, 0) is 55.3 Å². The van der Waals surface area contributed by atoms with E-state index in [-0.39, 0.29) is 0 Å². The van der Waals surface area contributed by atoms with Crippen molar-refractivity contribution in [3.63, 3.8) is 0 Å². The van der Waals surface area contributed by atoms with Crippen molar-refractivity contribution in [2.45, 2.75) is 20.1 Å². The highest BCUT2D eigenvalue weighted by molar-refractivity contribution is 9.10. The molecular formula is C17H17BrN2O. The molecule has 1 aromatic heterocycles. The molecule has 4 heteroatoms. The van der Waals surface area contributed by atoms with E-state index in [1.807, 2.05) is 43.0 Å². The van der Waals surface area contributed by atoms with Crippen LogP contribution >= 0.6 is 15.9 Å². The molecule has 0 amide bonds. The normalized spacial score (nSPS) is 17.4. The van der Waals surface area contributed by atoms with E-state index in [1.54, 1.807) is 0 Å². The van der Waals surface area contributed by atoms with Gasteiger partial charge in [0, 0.05) is 22.3 Å². The third-order valence-electron chi connectivity index (χ3n) is 3.69. The fraction of sp³-hybridized carbons (Fsp3) is 0.235. The first-order valence-electron chi connectivity index (χ1n) is 7.00. The number of hydrogen-bond donors (Lipinski definition) is 1. The second-order valence-electron chi connectivity index (χ2n) is 5.11. The van der Waals surface area contributed by atoms with E-state index in [0.29, 0.717) is 6.54 Å². The predicted octanol–water partition coefficient (Wildman–Crippen LogP) is 3.74. The summed E-state index contributed by atoms with van der Waals surface area (Å²) in [5.74, 6) is 0.850. The smallest absolute Gasteiger partial charge is 0.148 e. The Bertz CT molecular complexity index is 712. The first-order chi connectivity index (χ1) is 10.1. The average Bonchev–Trinajstić information content (AvgIpc) is 2.46. The highest BCUT2D eigenvalue weighted by Gasteiger charge is 2.26. The number of aryl methyl sites for hydroxylation is 1. The van der Waals surface area contributed by atoms with Crippen molar-refractivity contribution >= 4 is 27.3 Å². The zero-order chi connectivity index (χ0) is 15.0. The van der Waals surface area contributed by atoms with Crippen molar-refractivity contribution in [1.29, 1.82) is 0 Å². The number of likely N-dealkylation sites (N-methyl/N-ethyl adjacent to an activating group) is 1. The number of rotatable bonds is 2. The second kappa shape index (κ2) is 5.62. The molecule has 21 heavy (non-hydrogen) atoms. The molecule has 1 atom stereocenters. The Hall–Kier alpha value is -1.65. The van der Waals surface area contributed by atoms with Crippen LogP contribution in [0.2, 0.25) is 0 Å². The van der Waals surface area contributed by atoms with Gasteiger partial charge in [-0.15, -0.1) is 0 Å². The Kier molecular flexibility index (Phi) is 3.83. The Labute approximate surface area is 133 Å². The highest BCUT2D eigenvalue weighted by Crippen LogP contribution is 2.36. The molecule has 0 saturated carbocycles. The van der Waals surface area contributed by atoms with E-state index in [2.05, 4.69) is 39.1 Å². The van der Waals surface area contributed by atoms with Crippen LogP contribution in [0.1, 0.15) is 23.7 Å². The zero-order valence-electron chi connectivity index (χ0n) is 12.0. The predicted molar refractivity (Wildman–Crippen MR) is 89.2 cm³/mol. The Morgan fingerprint density at radius 2 is 2.10 bits per heavy atom. The summed E-state index contributed by atoms with van der Waals surface area (Å²) in [6.07, 6.45) is 1.25. The van der Waals surface area contributed by atoms with Crippen molar-refractivity contribution in [2.24, 2.45) is 0 Å². The summed E-state index contributed by atoms with van der Waals surface area (Å²) in [7, 11) is 0. The first kappa shape index (κ1) is 14.3. The van der Waals surface area contributed by atoms with Crippen LogP contribution in [0.5, 0.6) is 0 Å². The lowest BCUT2D eigenvalue weighted by molar-refractivity contribution is 0.216. The SMILES string of the molecule is CCN1c2nc(C)ccc2C(c2cccc(Br)c2)=CC1O. The molecule has 2 aromatic rings. The summed E-state index contributed by atoms with van der Waals surface area (Å²) >= 11 is 3.51. The summed E-state index contributed by atoms with van der Waals surface area (Å²) in [6.45, 7) is 4.71. The molecular weight excluding hydrogens is 328 g/mol. The monoisotopic (exact) mass is 344 g/mol. The van der Waals surface area contributed by atoms with Gasteiger partial charge in [-0.1, -0.05) is 28.1 Å². The third kappa shape index (κ3) is 2.61. The van der Waals surface area contributed by atoms with Crippen LogP contribution in [0.4, 0.5) is 5.82 Å². The molecule has 1 N–H and O–H groups in total. The highest BCUT2D eigenvalue weighted by atomic mass is 79.9. The van der Waals surface area contributed by atoms with Gasteiger partial charge < -0.3 is 10.0 Å². The number of halogens is 1. The summed E-state index contributed by atoms with van der Waals surface area (Å²) in [5.41, 5.74) is 4.11. The van der Waals surface area contributed by atoms with Crippen LogP contribution in [0.3, 0.4) is 0 Å². The lowest BCUT2D eigenvalue weighted by Gasteiger charge is -2.33. The third-order valence-corrected chi connectivity index (χ3v) is 4.18. The maximum absolute atomic E-state index is 10.4. The van der Waals surface area contributed by atoms with Crippen molar-refractivity contribution < 1.29 is 5.11 Å². The number of anilines is 1. The summed E-state index contributed by atoms with van der Waals surface area (Å²) in [5, 5.41) is 10.4. The minimum atomic E-state index is -0.647. The molecule has 0 spiro atoms. The van der Waals surface area contributed by atoms with Gasteiger partial charge >= 0.3 is 0 Å². The summed E-state index contributed by atoms with van der Waals surface area (Å²) in [4.78, 5) is 6.53. The molecule has 3 nitrogen and oxygen atoms in total. The molecule has 1 aliphatic rings. The van der Waals surface area contributed by atoms with Crippen molar-refractivity contribution in [3.8, 4) is 0 Å². The van der Waals surface area contributed by atoms with E-state index in [1.165, 1.54) is 0 Å². The zero-order valence-corrected chi connectivity index (χ0v) is 13.6. The summed E-state index contributed by atoms with van der Waals surface area (Å²) < 4.78 is 1.02. The molecule has 0 aliphatic carbocycles. The van der Waals surface area contributed by atoms with E-state index in [9.17, 15) is 5.11 Å². The molecule has 1 aromatic carbocycles. The average molecular weight is 345 g/mol. The topological polar surface area (TPSA) is 36.4 Å². The molecule has 0 fully saturated rings.